The van der Waals surface area contributed by atoms with Gasteiger partial charge in [0, 0.05) is 0 Å². The zero-order valence-corrected chi connectivity index (χ0v) is 10.9. The van der Waals surface area contributed by atoms with E-state index in [0.717, 1.165) is 10.9 Å². The van der Waals surface area contributed by atoms with Crippen molar-refractivity contribution in [2.24, 2.45) is 0 Å². The van der Waals surface area contributed by atoms with Gasteiger partial charge < -0.3 is 9.26 Å². The average molecular weight is 248 g/mol. The number of hydrogen-bond donors (Lipinski definition) is 1. The summed E-state index contributed by atoms with van der Waals surface area (Å²) < 4.78 is 10.3. The van der Waals surface area contributed by atoms with Crippen LogP contribution in [0.2, 0.25) is 0 Å². The molecule has 1 amide bonds. The summed E-state index contributed by atoms with van der Waals surface area (Å²) in [6, 6.07) is 5.65. The smallest absolute Gasteiger partial charge is 0.413 e. The van der Waals surface area contributed by atoms with Crippen molar-refractivity contribution in [1.29, 1.82) is 0 Å². The van der Waals surface area contributed by atoms with Gasteiger partial charge in [0.05, 0.1) is 5.39 Å². The van der Waals surface area contributed by atoms with Crippen LogP contribution in [0.3, 0.4) is 0 Å². The molecule has 96 valence electrons. The number of benzene rings is 1. The molecule has 0 fully saturated rings. The van der Waals surface area contributed by atoms with Gasteiger partial charge in [-0.05, 0) is 45.4 Å². The fourth-order valence-electron chi connectivity index (χ4n) is 1.54. The van der Waals surface area contributed by atoms with Crippen molar-refractivity contribution in [3.63, 3.8) is 0 Å². The molecule has 0 bridgehead atoms. The second-order valence-electron chi connectivity index (χ2n) is 5.16. The third-order valence-electron chi connectivity index (χ3n) is 2.25. The molecule has 1 aromatic carbocycles. The number of amides is 1. The van der Waals surface area contributed by atoms with Crippen LogP contribution in [0.25, 0.3) is 11.0 Å². The lowest BCUT2D eigenvalue weighted by Gasteiger charge is -2.18. The van der Waals surface area contributed by atoms with Crippen LogP contribution < -0.4 is 5.32 Å². The molecule has 0 atom stereocenters. The highest BCUT2D eigenvalue weighted by Gasteiger charge is 2.18. The number of nitrogens with one attached hydrogen (secondary N) is 1. The number of carbonyl (C=O) groups excluding carboxylic acids is 1. The fourth-order valence-corrected chi connectivity index (χ4v) is 1.54. The predicted molar refractivity (Wildman–Crippen MR) is 68.6 cm³/mol. The minimum atomic E-state index is -0.543. The van der Waals surface area contributed by atoms with Crippen LogP contribution in [-0.2, 0) is 4.74 Å². The average Bonchev–Trinajstić information content (AvgIpc) is 2.57. The van der Waals surface area contributed by atoms with Crippen LogP contribution in [0.15, 0.2) is 22.7 Å². The number of hydrogen-bond acceptors (Lipinski definition) is 4. The highest BCUT2D eigenvalue weighted by Crippen LogP contribution is 2.24. The second-order valence-corrected chi connectivity index (χ2v) is 5.16. The number of carbonyl (C=O) groups is 1. The summed E-state index contributed by atoms with van der Waals surface area (Å²) in [6.45, 7) is 7.37. The number of ether oxygens (including phenoxy) is 1. The molecule has 2 aromatic rings. The first-order chi connectivity index (χ1) is 8.35. The molecule has 0 aliphatic rings. The molecule has 1 aromatic heterocycles. The molecule has 0 saturated carbocycles. The van der Waals surface area contributed by atoms with Crippen LogP contribution >= 0.6 is 0 Å². The predicted octanol–water partition coefficient (Wildman–Crippen LogP) is 3.48. The van der Waals surface area contributed by atoms with Gasteiger partial charge >= 0.3 is 6.09 Å². The first-order valence-corrected chi connectivity index (χ1v) is 5.71. The Labute approximate surface area is 105 Å². The summed E-state index contributed by atoms with van der Waals surface area (Å²) >= 11 is 0. The van der Waals surface area contributed by atoms with E-state index >= 15 is 0 Å². The summed E-state index contributed by atoms with van der Waals surface area (Å²) in [6.07, 6.45) is -0.543. The maximum Gasteiger partial charge on any atom is 0.413 e. The van der Waals surface area contributed by atoms with Crippen molar-refractivity contribution in [3.05, 3.63) is 23.8 Å². The second kappa shape index (κ2) is 4.33. The third-order valence-corrected chi connectivity index (χ3v) is 2.25. The zero-order valence-electron chi connectivity index (χ0n) is 10.9. The number of aromatic nitrogens is 1. The Kier molecular flexibility index (Phi) is 2.98. The molecule has 5 nitrogen and oxygen atoms in total. The topological polar surface area (TPSA) is 64.4 Å². The van der Waals surface area contributed by atoms with Crippen LogP contribution in [0.1, 0.15) is 26.3 Å². The minimum absolute atomic E-state index is 0.374. The number of rotatable bonds is 1. The molecular formula is C13H16N2O3. The van der Waals surface area contributed by atoms with E-state index in [9.17, 15) is 4.79 Å². The number of nitrogens with zero attached hydrogens (tertiary/aromatic N) is 1. The highest BCUT2D eigenvalue weighted by atomic mass is 16.6. The van der Waals surface area contributed by atoms with E-state index < -0.39 is 11.7 Å². The lowest BCUT2D eigenvalue weighted by molar-refractivity contribution is 0.0635. The SMILES string of the molecule is Cc1ccc2c(NC(=O)OC(C)(C)C)noc2c1. The Hall–Kier alpha value is -2.04. The largest absolute Gasteiger partial charge is 0.444 e. The molecule has 0 aliphatic heterocycles. The molecule has 0 unspecified atom stereocenters. The van der Waals surface area contributed by atoms with Crippen LogP contribution in [0.4, 0.5) is 10.6 Å². The Balaban J connectivity index is 2.20. The van der Waals surface area contributed by atoms with Gasteiger partial charge in [-0.3, -0.25) is 5.32 Å². The molecule has 0 aliphatic carbocycles. The first-order valence-electron chi connectivity index (χ1n) is 5.71. The zero-order chi connectivity index (χ0) is 13.3. The van der Waals surface area contributed by atoms with Gasteiger partial charge in [0.25, 0.3) is 0 Å². The lowest BCUT2D eigenvalue weighted by atomic mass is 10.2. The Morgan fingerprint density at radius 1 is 1.39 bits per heavy atom. The van der Waals surface area contributed by atoms with E-state index in [4.69, 9.17) is 9.26 Å². The lowest BCUT2D eigenvalue weighted by Crippen LogP contribution is -2.27. The van der Waals surface area contributed by atoms with Crippen molar-refractivity contribution in [2.45, 2.75) is 33.3 Å². The summed E-state index contributed by atoms with van der Waals surface area (Å²) in [5.41, 5.74) is 1.17. The van der Waals surface area contributed by atoms with Crippen LogP contribution in [0.5, 0.6) is 0 Å². The standard InChI is InChI=1S/C13H16N2O3/c1-8-5-6-9-10(7-8)18-15-11(9)14-12(16)17-13(2,3)4/h5-7H,1-4H3,(H,14,15,16). The third kappa shape index (κ3) is 2.80. The molecular weight excluding hydrogens is 232 g/mol. The van der Waals surface area contributed by atoms with Crippen molar-refractivity contribution in [1.82, 2.24) is 5.16 Å². The summed E-state index contributed by atoms with van der Waals surface area (Å²) in [7, 11) is 0. The summed E-state index contributed by atoms with van der Waals surface area (Å²) in [4.78, 5) is 11.6. The first kappa shape index (κ1) is 12.4. The highest BCUT2D eigenvalue weighted by molar-refractivity contribution is 5.96. The Morgan fingerprint density at radius 2 is 2.11 bits per heavy atom. The van der Waals surface area contributed by atoms with E-state index in [2.05, 4.69) is 10.5 Å². The van der Waals surface area contributed by atoms with E-state index in [1.807, 2.05) is 25.1 Å². The molecule has 1 N–H and O–H groups in total. The number of fused-ring (bicyclic) bond motifs is 1. The maximum atomic E-state index is 11.6. The van der Waals surface area contributed by atoms with Gasteiger partial charge in [-0.2, -0.15) is 0 Å². The summed E-state index contributed by atoms with van der Waals surface area (Å²) in [5.74, 6) is 0.374. The molecule has 0 radical (unpaired) electrons. The van der Waals surface area contributed by atoms with Gasteiger partial charge in [-0.1, -0.05) is 11.2 Å². The van der Waals surface area contributed by atoms with Gasteiger partial charge in [0.15, 0.2) is 11.4 Å². The van der Waals surface area contributed by atoms with Crippen molar-refractivity contribution < 1.29 is 14.1 Å². The van der Waals surface area contributed by atoms with Crippen molar-refractivity contribution in [2.75, 3.05) is 5.32 Å². The van der Waals surface area contributed by atoms with Gasteiger partial charge in [-0.15, -0.1) is 0 Å². The van der Waals surface area contributed by atoms with E-state index in [1.54, 1.807) is 20.8 Å². The Bertz CT molecular complexity index is 581. The minimum Gasteiger partial charge on any atom is -0.444 e. The molecule has 18 heavy (non-hydrogen) atoms. The number of aryl methyl sites for hydroxylation is 1. The molecule has 5 heteroatoms. The van der Waals surface area contributed by atoms with Gasteiger partial charge in [-0.25, -0.2) is 4.79 Å². The molecule has 2 rings (SSSR count). The van der Waals surface area contributed by atoms with Crippen molar-refractivity contribution >= 4 is 22.9 Å². The molecule has 0 spiro atoms. The molecule has 0 saturated heterocycles. The van der Waals surface area contributed by atoms with Gasteiger partial charge in [0.2, 0.25) is 0 Å². The van der Waals surface area contributed by atoms with E-state index in [0.29, 0.717) is 11.4 Å². The van der Waals surface area contributed by atoms with Gasteiger partial charge in [0.1, 0.15) is 5.60 Å². The quantitative estimate of drug-likeness (QED) is 0.839. The normalized spacial score (nSPS) is 11.6. The van der Waals surface area contributed by atoms with E-state index in [-0.39, 0.29) is 0 Å². The number of anilines is 1. The van der Waals surface area contributed by atoms with E-state index in [1.165, 1.54) is 0 Å². The van der Waals surface area contributed by atoms with Crippen molar-refractivity contribution in [3.8, 4) is 0 Å². The monoisotopic (exact) mass is 248 g/mol. The fraction of sp³-hybridized carbons (Fsp3) is 0.385. The maximum absolute atomic E-state index is 11.6. The summed E-state index contributed by atoms with van der Waals surface area (Å²) in [5, 5.41) is 7.15. The molecule has 1 heterocycles. The Morgan fingerprint density at radius 3 is 2.78 bits per heavy atom. The van der Waals surface area contributed by atoms with Crippen LogP contribution in [0, 0.1) is 6.92 Å². The van der Waals surface area contributed by atoms with Crippen LogP contribution in [-0.4, -0.2) is 16.9 Å².